The van der Waals surface area contributed by atoms with Gasteiger partial charge in [0.05, 0.1) is 10.6 Å². The molecule has 4 nitrogen and oxygen atoms in total. The molecular formula is C14H17N3OS. The summed E-state index contributed by atoms with van der Waals surface area (Å²) in [7, 11) is 0. The van der Waals surface area contributed by atoms with Crippen LogP contribution in [0.15, 0.2) is 29.3 Å². The van der Waals surface area contributed by atoms with E-state index < -0.39 is 0 Å². The van der Waals surface area contributed by atoms with E-state index in [1.54, 1.807) is 6.92 Å². The van der Waals surface area contributed by atoms with Crippen molar-refractivity contribution in [3.05, 3.63) is 39.6 Å². The van der Waals surface area contributed by atoms with E-state index in [0.717, 1.165) is 27.6 Å². The second-order valence-electron chi connectivity index (χ2n) is 4.30. The van der Waals surface area contributed by atoms with Gasteiger partial charge in [0.25, 0.3) is 0 Å². The van der Waals surface area contributed by atoms with Gasteiger partial charge in [-0.1, -0.05) is 11.3 Å². The van der Waals surface area contributed by atoms with Crippen LogP contribution in [0.25, 0.3) is 0 Å². The summed E-state index contributed by atoms with van der Waals surface area (Å²) in [5, 5.41) is 0. The Kier molecular flexibility index (Phi) is 3.85. The van der Waals surface area contributed by atoms with Gasteiger partial charge in [-0.15, -0.1) is 0 Å². The average molecular weight is 275 g/mol. The molecule has 0 saturated carbocycles. The fraction of sp³-hybridized carbons (Fsp3) is 0.286. The van der Waals surface area contributed by atoms with Crippen molar-refractivity contribution >= 4 is 28.5 Å². The molecule has 0 radical (unpaired) electrons. The van der Waals surface area contributed by atoms with E-state index in [2.05, 4.69) is 9.56 Å². The van der Waals surface area contributed by atoms with E-state index in [4.69, 9.17) is 5.73 Å². The highest BCUT2D eigenvalue weighted by Crippen LogP contribution is 2.16. The number of anilines is 1. The van der Waals surface area contributed by atoms with Gasteiger partial charge in [0.2, 0.25) is 0 Å². The molecule has 0 spiro atoms. The maximum Gasteiger partial charge on any atom is 0.190 e. The quantitative estimate of drug-likeness (QED) is 0.691. The van der Waals surface area contributed by atoms with Gasteiger partial charge in [-0.3, -0.25) is 4.79 Å². The fourth-order valence-corrected chi connectivity index (χ4v) is 3.04. The van der Waals surface area contributed by atoms with Crippen LogP contribution in [-0.4, -0.2) is 10.4 Å². The van der Waals surface area contributed by atoms with Crippen LogP contribution >= 0.6 is 11.3 Å². The number of nitrogens with two attached hydrogens (primary N) is 1. The molecule has 5 heteroatoms. The van der Waals surface area contributed by atoms with E-state index >= 15 is 0 Å². The molecule has 1 aromatic heterocycles. The first-order valence-electron chi connectivity index (χ1n) is 6.14. The lowest BCUT2D eigenvalue weighted by Gasteiger charge is -2.01. The van der Waals surface area contributed by atoms with E-state index in [-0.39, 0.29) is 5.78 Å². The van der Waals surface area contributed by atoms with Crippen LogP contribution in [0.5, 0.6) is 0 Å². The summed E-state index contributed by atoms with van der Waals surface area (Å²) in [5.74, 6) is 0.0865. The third-order valence-electron chi connectivity index (χ3n) is 2.91. The Hall–Kier alpha value is -1.88. The lowest BCUT2D eigenvalue weighted by Crippen LogP contribution is -2.14. The minimum atomic E-state index is 0.0865. The highest BCUT2D eigenvalue weighted by atomic mass is 32.1. The van der Waals surface area contributed by atoms with E-state index in [1.807, 2.05) is 38.1 Å². The lowest BCUT2D eigenvalue weighted by molar-refractivity contribution is 0.102. The van der Waals surface area contributed by atoms with Crippen LogP contribution in [0.4, 0.5) is 11.4 Å². The largest absolute Gasteiger partial charge is 0.399 e. The number of hydrogen-bond donors (Lipinski definition) is 1. The van der Waals surface area contributed by atoms with Crippen molar-refractivity contribution in [1.82, 2.24) is 4.57 Å². The predicted molar refractivity (Wildman–Crippen MR) is 78.8 cm³/mol. The van der Waals surface area contributed by atoms with Crippen molar-refractivity contribution in [1.29, 1.82) is 0 Å². The summed E-state index contributed by atoms with van der Waals surface area (Å²) in [5.41, 5.74) is 8.19. The molecule has 2 N–H and O–H groups in total. The molecule has 0 amide bonds. The van der Waals surface area contributed by atoms with Gasteiger partial charge in [-0.2, -0.15) is 0 Å². The molecule has 0 aliphatic heterocycles. The van der Waals surface area contributed by atoms with E-state index in [1.165, 1.54) is 11.3 Å². The highest BCUT2D eigenvalue weighted by Gasteiger charge is 2.12. The lowest BCUT2D eigenvalue weighted by atomic mass is 10.3. The normalized spacial score (nSPS) is 11.8. The molecule has 0 saturated heterocycles. The van der Waals surface area contributed by atoms with Crippen LogP contribution < -0.4 is 10.5 Å². The second kappa shape index (κ2) is 5.40. The van der Waals surface area contributed by atoms with Gasteiger partial charge < -0.3 is 10.3 Å². The summed E-state index contributed by atoms with van der Waals surface area (Å²) in [6, 6.07) is 7.39. The number of nitrogen functional groups attached to an aromatic ring is 1. The Labute approximate surface area is 116 Å². The first-order valence-corrected chi connectivity index (χ1v) is 6.96. The van der Waals surface area contributed by atoms with Crippen molar-refractivity contribution in [2.45, 2.75) is 27.3 Å². The molecule has 0 unspecified atom stereocenters. The zero-order valence-corrected chi connectivity index (χ0v) is 12.1. The summed E-state index contributed by atoms with van der Waals surface area (Å²) >= 11 is 1.43. The molecule has 0 aliphatic carbocycles. The minimum absolute atomic E-state index is 0.0865. The summed E-state index contributed by atoms with van der Waals surface area (Å²) in [6.45, 7) is 6.39. The number of nitrogens with zero attached hydrogens (tertiary/aromatic N) is 2. The number of carbonyl (C=O) groups excluding carboxylic acids is 1. The van der Waals surface area contributed by atoms with Crippen molar-refractivity contribution in [3.8, 4) is 0 Å². The number of hydrogen-bond acceptors (Lipinski definition) is 4. The topological polar surface area (TPSA) is 60.4 Å². The zero-order chi connectivity index (χ0) is 14.0. The Morgan fingerprint density at radius 3 is 2.53 bits per heavy atom. The monoisotopic (exact) mass is 275 g/mol. The molecule has 0 aliphatic rings. The molecule has 19 heavy (non-hydrogen) atoms. The number of benzene rings is 1. The maximum atomic E-state index is 11.6. The summed E-state index contributed by atoms with van der Waals surface area (Å²) < 4.78 is 2.05. The predicted octanol–water partition coefficient (Wildman–Crippen LogP) is 2.90. The Morgan fingerprint density at radius 1 is 1.37 bits per heavy atom. The zero-order valence-electron chi connectivity index (χ0n) is 11.3. The molecule has 0 bridgehead atoms. The van der Waals surface area contributed by atoms with E-state index in [9.17, 15) is 4.79 Å². The molecular weight excluding hydrogens is 258 g/mol. The molecule has 2 rings (SSSR count). The minimum Gasteiger partial charge on any atom is -0.399 e. The SMILES string of the molecule is CCn1c(C)c(C(C)=O)sc1=Nc1ccc(N)cc1. The van der Waals surface area contributed by atoms with Crippen LogP contribution in [0.2, 0.25) is 0 Å². The third-order valence-corrected chi connectivity index (χ3v) is 4.19. The summed E-state index contributed by atoms with van der Waals surface area (Å²) in [4.78, 5) is 17.8. The smallest absolute Gasteiger partial charge is 0.190 e. The second-order valence-corrected chi connectivity index (χ2v) is 5.28. The number of rotatable bonds is 3. The van der Waals surface area contributed by atoms with Gasteiger partial charge >= 0.3 is 0 Å². The number of thiazole rings is 1. The standard InChI is InChI=1S/C14H17N3OS/c1-4-17-9(2)13(10(3)18)19-14(17)16-12-7-5-11(15)6-8-12/h5-8H,4,15H2,1-3H3. The van der Waals surface area contributed by atoms with Crippen LogP contribution in [0.1, 0.15) is 29.2 Å². The van der Waals surface area contributed by atoms with Gasteiger partial charge in [-0.25, -0.2) is 4.99 Å². The number of ketones is 1. The van der Waals surface area contributed by atoms with Crippen LogP contribution in [0, 0.1) is 6.92 Å². The molecule has 1 aromatic carbocycles. The van der Waals surface area contributed by atoms with E-state index in [0.29, 0.717) is 5.69 Å². The average Bonchev–Trinajstić information content (AvgIpc) is 2.68. The fourth-order valence-electron chi connectivity index (χ4n) is 1.93. The first kappa shape index (κ1) is 13.5. The molecule has 100 valence electrons. The first-order chi connectivity index (χ1) is 9.02. The molecule has 1 heterocycles. The van der Waals surface area contributed by atoms with Crippen LogP contribution in [0.3, 0.4) is 0 Å². The molecule has 0 fully saturated rings. The Morgan fingerprint density at radius 2 is 2.00 bits per heavy atom. The number of Topliss-reactive ketones (excluding diaryl/α,β-unsaturated/α-hetero) is 1. The van der Waals surface area contributed by atoms with Gasteiger partial charge in [0.15, 0.2) is 10.6 Å². The van der Waals surface area contributed by atoms with Crippen molar-refractivity contribution < 1.29 is 4.79 Å². The van der Waals surface area contributed by atoms with Crippen molar-refractivity contribution in [3.63, 3.8) is 0 Å². The maximum absolute atomic E-state index is 11.6. The Balaban J connectivity index is 2.58. The third kappa shape index (κ3) is 2.76. The summed E-state index contributed by atoms with van der Waals surface area (Å²) in [6.07, 6.45) is 0. The van der Waals surface area contributed by atoms with Gasteiger partial charge in [0, 0.05) is 24.8 Å². The van der Waals surface area contributed by atoms with Gasteiger partial charge in [-0.05, 0) is 38.1 Å². The Bertz CT molecular complexity index is 665. The van der Waals surface area contributed by atoms with Crippen molar-refractivity contribution in [2.75, 3.05) is 5.73 Å². The van der Waals surface area contributed by atoms with Gasteiger partial charge in [0.1, 0.15) is 0 Å². The molecule has 2 aromatic rings. The number of aromatic nitrogens is 1. The van der Waals surface area contributed by atoms with Crippen molar-refractivity contribution in [2.24, 2.45) is 4.99 Å². The number of carbonyl (C=O) groups is 1. The molecule has 0 atom stereocenters. The highest BCUT2D eigenvalue weighted by molar-refractivity contribution is 7.11. The van der Waals surface area contributed by atoms with Crippen LogP contribution in [-0.2, 0) is 6.54 Å².